The van der Waals surface area contributed by atoms with Crippen LogP contribution in [0.15, 0.2) is 29.6 Å². The van der Waals surface area contributed by atoms with Gasteiger partial charge in [-0.2, -0.15) is 0 Å². The van der Waals surface area contributed by atoms with Crippen LogP contribution in [0.3, 0.4) is 0 Å². The SMILES string of the molecule is O=C(O)c1cccc(OCc2nc(C3CCC3)cs2)c1. The zero-order chi connectivity index (χ0) is 13.9. The Kier molecular flexibility index (Phi) is 3.69. The highest BCUT2D eigenvalue weighted by atomic mass is 32.1. The maximum Gasteiger partial charge on any atom is 0.335 e. The van der Waals surface area contributed by atoms with Crippen molar-refractivity contribution in [2.24, 2.45) is 0 Å². The number of ether oxygens (including phenoxy) is 1. The van der Waals surface area contributed by atoms with E-state index in [1.54, 1.807) is 29.5 Å². The van der Waals surface area contributed by atoms with Gasteiger partial charge in [-0.1, -0.05) is 12.5 Å². The van der Waals surface area contributed by atoms with E-state index in [1.807, 2.05) is 0 Å². The third kappa shape index (κ3) is 2.82. The summed E-state index contributed by atoms with van der Waals surface area (Å²) in [4.78, 5) is 15.5. The molecule has 5 heteroatoms. The minimum Gasteiger partial charge on any atom is -0.486 e. The van der Waals surface area contributed by atoms with E-state index in [-0.39, 0.29) is 5.56 Å². The third-order valence-electron chi connectivity index (χ3n) is 3.54. The zero-order valence-electron chi connectivity index (χ0n) is 10.9. The second kappa shape index (κ2) is 5.63. The fourth-order valence-corrected chi connectivity index (χ4v) is 2.93. The van der Waals surface area contributed by atoms with E-state index in [9.17, 15) is 4.79 Å². The van der Waals surface area contributed by atoms with Crippen molar-refractivity contribution in [1.82, 2.24) is 4.98 Å². The van der Waals surface area contributed by atoms with Crippen molar-refractivity contribution in [3.8, 4) is 5.75 Å². The molecule has 1 aromatic heterocycles. The van der Waals surface area contributed by atoms with Crippen LogP contribution in [0.5, 0.6) is 5.75 Å². The fraction of sp³-hybridized carbons (Fsp3) is 0.333. The summed E-state index contributed by atoms with van der Waals surface area (Å²) < 4.78 is 5.61. The van der Waals surface area contributed by atoms with Crippen molar-refractivity contribution in [3.63, 3.8) is 0 Å². The topological polar surface area (TPSA) is 59.4 Å². The molecule has 20 heavy (non-hydrogen) atoms. The largest absolute Gasteiger partial charge is 0.486 e. The van der Waals surface area contributed by atoms with Crippen LogP contribution < -0.4 is 4.74 Å². The lowest BCUT2D eigenvalue weighted by atomic mass is 9.83. The highest BCUT2D eigenvalue weighted by Gasteiger charge is 2.21. The van der Waals surface area contributed by atoms with Crippen molar-refractivity contribution < 1.29 is 14.6 Å². The quantitative estimate of drug-likeness (QED) is 0.912. The molecule has 1 saturated carbocycles. The molecule has 0 unspecified atom stereocenters. The smallest absolute Gasteiger partial charge is 0.335 e. The monoisotopic (exact) mass is 289 g/mol. The number of benzene rings is 1. The Morgan fingerprint density at radius 1 is 1.45 bits per heavy atom. The molecule has 2 aromatic rings. The number of nitrogens with zero attached hydrogens (tertiary/aromatic N) is 1. The normalized spacial score (nSPS) is 14.8. The molecule has 0 saturated heterocycles. The molecule has 104 valence electrons. The number of carboxylic acids is 1. The highest BCUT2D eigenvalue weighted by Crippen LogP contribution is 2.36. The second-order valence-electron chi connectivity index (χ2n) is 4.92. The van der Waals surface area contributed by atoms with Crippen LogP contribution in [-0.4, -0.2) is 16.1 Å². The predicted molar refractivity (Wildman–Crippen MR) is 76.4 cm³/mol. The molecule has 3 rings (SSSR count). The molecule has 1 N–H and O–H groups in total. The summed E-state index contributed by atoms with van der Waals surface area (Å²) in [5.41, 5.74) is 1.41. The number of carboxylic acid groups (broad SMARTS) is 1. The maximum absolute atomic E-state index is 10.9. The molecular weight excluding hydrogens is 274 g/mol. The molecule has 1 fully saturated rings. The first kappa shape index (κ1) is 13.1. The van der Waals surface area contributed by atoms with Gasteiger partial charge < -0.3 is 9.84 Å². The lowest BCUT2D eigenvalue weighted by molar-refractivity contribution is 0.0696. The average Bonchev–Trinajstić information content (AvgIpc) is 2.83. The summed E-state index contributed by atoms with van der Waals surface area (Å²) in [7, 11) is 0. The summed E-state index contributed by atoms with van der Waals surface area (Å²) in [5, 5.41) is 12.0. The van der Waals surface area contributed by atoms with Gasteiger partial charge in [0.2, 0.25) is 0 Å². The van der Waals surface area contributed by atoms with E-state index in [4.69, 9.17) is 9.84 Å². The van der Waals surface area contributed by atoms with Crippen molar-refractivity contribution in [2.75, 3.05) is 0 Å². The van der Waals surface area contributed by atoms with Gasteiger partial charge in [0, 0.05) is 11.3 Å². The van der Waals surface area contributed by atoms with E-state index < -0.39 is 5.97 Å². The number of hydrogen-bond acceptors (Lipinski definition) is 4. The average molecular weight is 289 g/mol. The maximum atomic E-state index is 10.9. The first-order valence-corrected chi connectivity index (χ1v) is 7.51. The lowest BCUT2D eigenvalue weighted by Crippen LogP contribution is -2.09. The third-order valence-corrected chi connectivity index (χ3v) is 4.38. The summed E-state index contributed by atoms with van der Waals surface area (Å²) >= 11 is 1.60. The van der Waals surface area contributed by atoms with E-state index in [0.29, 0.717) is 18.3 Å². The molecule has 0 atom stereocenters. The molecule has 0 aliphatic heterocycles. The van der Waals surface area contributed by atoms with Gasteiger partial charge in [-0.15, -0.1) is 11.3 Å². The second-order valence-corrected chi connectivity index (χ2v) is 5.86. The van der Waals surface area contributed by atoms with Crippen LogP contribution in [0.25, 0.3) is 0 Å². The van der Waals surface area contributed by atoms with Gasteiger partial charge in [0.1, 0.15) is 17.4 Å². The van der Waals surface area contributed by atoms with Gasteiger partial charge in [0.15, 0.2) is 0 Å². The summed E-state index contributed by atoms with van der Waals surface area (Å²) in [5.74, 6) is 0.248. The molecule has 1 aliphatic carbocycles. The Morgan fingerprint density at radius 3 is 3.00 bits per heavy atom. The number of aromatic carboxylic acids is 1. The standard InChI is InChI=1S/C15H15NO3S/c17-15(18)11-5-2-6-12(7-11)19-8-14-16-13(9-20-14)10-3-1-4-10/h2,5-7,9-10H,1,3-4,8H2,(H,17,18). The van der Waals surface area contributed by atoms with Gasteiger partial charge in [0.05, 0.1) is 11.3 Å². The minimum absolute atomic E-state index is 0.233. The molecule has 0 spiro atoms. The van der Waals surface area contributed by atoms with E-state index in [1.165, 1.54) is 31.0 Å². The van der Waals surface area contributed by atoms with E-state index in [0.717, 1.165) is 5.01 Å². The Hall–Kier alpha value is -1.88. The molecule has 1 heterocycles. The Balaban J connectivity index is 1.62. The Labute approximate surface area is 121 Å². The Morgan fingerprint density at radius 2 is 2.30 bits per heavy atom. The van der Waals surface area contributed by atoms with Gasteiger partial charge in [-0.3, -0.25) is 0 Å². The van der Waals surface area contributed by atoms with Gasteiger partial charge in [0.25, 0.3) is 0 Å². The fourth-order valence-electron chi connectivity index (χ4n) is 2.15. The number of aromatic nitrogens is 1. The summed E-state index contributed by atoms with van der Waals surface area (Å²) in [6, 6.07) is 6.52. The van der Waals surface area contributed by atoms with Gasteiger partial charge in [-0.05, 0) is 31.0 Å². The molecular formula is C15H15NO3S. The van der Waals surface area contributed by atoms with Crippen LogP contribution in [0.2, 0.25) is 0 Å². The van der Waals surface area contributed by atoms with E-state index >= 15 is 0 Å². The molecule has 1 aliphatic rings. The van der Waals surface area contributed by atoms with Crippen LogP contribution in [-0.2, 0) is 6.61 Å². The first-order chi connectivity index (χ1) is 9.72. The zero-order valence-corrected chi connectivity index (χ0v) is 11.7. The summed E-state index contributed by atoms with van der Waals surface area (Å²) in [6.07, 6.45) is 3.78. The number of carbonyl (C=O) groups is 1. The number of rotatable bonds is 5. The molecule has 0 radical (unpaired) electrons. The molecule has 1 aromatic carbocycles. The van der Waals surface area contributed by atoms with Crippen molar-refractivity contribution in [2.45, 2.75) is 31.8 Å². The Bertz CT molecular complexity index is 619. The van der Waals surface area contributed by atoms with Crippen LogP contribution in [0.4, 0.5) is 0 Å². The number of hydrogen-bond donors (Lipinski definition) is 1. The molecule has 0 amide bonds. The van der Waals surface area contributed by atoms with Crippen LogP contribution in [0, 0.1) is 0 Å². The first-order valence-electron chi connectivity index (χ1n) is 6.63. The van der Waals surface area contributed by atoms with Crippen molar-refractivity contribution in [3.05, 3.63) is 45.9 Å². The van der Waals surface area contributed by atoms with Crippen LogP contribution in [0.1, 0.15) is 46.2 Å². The molecule has 4 nitrogen and oxygen atoms in total. The molecule has 0 bridgehead atoms. The minimum atomic E-state index is -0.947. The number of thiazole rings is 1. The van der Waals surface area contributed by atoms with Gasteiger partial charge in [-0.25, -0.2) is 9.78 Å². The predicted octanol–water partition coefficient (Wildman–Crippen LogP) is 3.69. The highest BCUT2D eigenvalue weighted by molar-refractivity contribution is 7.09. The van der Waals surface area contributed by atoms with Crippen LogP contribution >= 0.6 is 11.3 Å². The lowest BCUT2D eigenvalue weighted by Gasteiger charge is -2.22. The summed E-state index contributed by atoms with van der Waals surface area (Å²) in [6.45, 7) is 0.389. The van der Waals surface area contributed by atoms with E-state index in [2.05, 4.69) is 10.4 Å². The van der Waals surface area contributed by atoms with Crippen molar-refractivity contribution in [1.29, 1.82) is 0 Å². The van der Waals surface area contributed by atoms with Crippen molar-refractivity contribution >= 4 is 17.3 Å². The van der Waals surface area contributed by atoms with Gasteiger partial charge >= 0.3 is 5.97 Å².